The summed E-state index contributed by atoms with van der Waals surface area (Å²) in [5.41, 5.74) is 1.17. The molecule has 8 nitrogen and oxygen atoms in total. The zero-order chi connectivity index (χ0) is 28.4. The van der Waals surface area contributed by atoms with Crippen LogP contribution in [0, 0.1) is 17.8 Å². The number of carbonyl (C=O) groups is 3. The second kappa shape index (κ2) is 17.1. The minimum Gasteiger partial charge on any atom is -0.548 e. The van der Waals surface area contributed by atoms with Crippen molar-refractivity contribution < 1.29 is 62.9 Å². The van der Waals surface area contributed by atoms with E-state index in [9.17, 15) is 24.1 Å². The van der Waals surface area contributed by atoms with Crippen molar-refractivity contribution in [2.75, 3.05) is 18.9 Å². The zero-order valence-corrected chi connectivity index (χ0v) is 27.6. The van der Waals surface area contributed by atoms with Gasteiger partial charge >= 0.3 is 35.5 Å². The van der Waals surface area contributed by atoms with Gasteiger partial charge in [0, 0.05) is 25.0 Å². The third kappa shape index (κ3) is 10.6. The van der Waals surface area contributed by atoms with Crippen molar-refractivity contribution in [2.24, 2.45) is 17.8 Å². The molecule has 218 valence electrons. The Morgan fingerprint density at radius 1 is 1.05 bits per heavy atom. The molecule has 4 atom stereocenters. The van der Waals surface area contributed by atoms with Crippen LogP contribution < -0.4 is 34.7 Å². The van der Waals surface area contributed by atoms with Crippen LogP contribution in [0.25, 0.3) is 0 Å². The minimum absolute atomic E-state index is 0. The van der Waals surface area contributed by atoms with Crippen LogP contribution in [0.15, 0.2) is 30.3 Å². The molecule has 0 aromatic heterocycles. The molecule has 0 radical (unpaired) electrons. The second-order valence-electron chi connectivity index (χ2n) is 11.5. The number of esters is 1. The number of nitrogens with zero attached hydrogens (tertiary/aromatic N) is 1. The molecule has 1 amide bonds. The van der Waals surface area contributed by atoms with E-state index in [1.165, 1.54) is 16.9 Å². The summed E-state index contributed by atoms with van der Waals surface area (Å²) in [5.74, 6) is -1.99. The quantitative estimate of drug-likeness (QED) is 0.108. The summed E-state index contributed by atoms with van der Waals surface area (Å²) in [6, 6.07) is 8.96. The molecule has 0 spiro atoms. The molecule has 10 heteroatoms. The standard InChI is InChI=1S/C30H46NO7P.Na/c1-4-28(33)37-30(22(2)3)38-39(36,18-12-11-15-23-13-7-5-8-14-23)21-27(32)31-20-25(19-26(31)29(34)35)24-16-9-6-10-17-24;/h5,7-8,13-14,22,24-26,30H,4,6,9-12,15-21H2,1-3H3,(H,34,35);/q;+1/p-1/t25-,26+,30-,39?;/m1./s1. The Morgan fingerprint density at radius 3 is 2.33 bits per heavy atom. The van der Waals surface area contributed by atoms with E-state index < -0.39 is 43.7 Å². The molecule has 1 aromatic carbocycles. The molecular weight excluding hydrogens is 540 g/mol. The maximum Gasteiger partial charge on any atom is 1.00 e. The summed E-state index contributed by atoms with van der Waals surface area (Å²) >= 11 is 0. The van der Waals surface area contributed by atoms with Gasteiger partial charge in [-0.15, -0.1) is 0 Å². The van der Waals surface area contributed by atoms with Crippen LogP contribution in [-0.4, -0.2) is 53.9 Å². The number of hydrogen-bond donors (Lipinski definition) is 0. The van der Waals surface area contributed by atoms with Gasteiger partial charge in [0.05, 0.1) is 12.0 Å². The van der Waals surface area contributed by atoms with Crippen molar-refractivity contribution in [3.63, 3.8) is 0 Å². The normalized spacial score (nSPS) is 21.9. The van der Waals surface area contributed by atoms with Gasteiger partial charge in [-0.1, -0.05) is 83.2 Å². The number of rotatable bonds is 14. The number of ether oxygens (including phenoxy) is 1. The number of unbranched alkanes of at least 4 members (excludes halogenated alkanes) is 1. The summed E-state index contributed by atoms with van der Waals surface area (Å²) in [5, 5.41) is 12.0. The van der Waals surface area contributed by atoms with Gasteiger partial charge in [0.2, 0.25) is 19.6 Å². The molecule has 40 heavy (non-hydrogen) atoms. The molecule has 1 unspecified atom stereocenters. The van der Waals surface area contributed by atoms with Crippen molar-refractivity contribution in [1.29, 1.82) is 0 Å². The Hall–Kier alpha value is -1.18. The number of benzene rings is 1. The molecule has 0 bridgehead atoms. The number of carboxylic acids is 1. The fourth-order valence-electron chi connectivity index (χ4n) is 5.79. The number of amides is 1. The number of carboxylic acid groups (broad SMARTS) is 1. The number of aryl methyl sites for hydroxylation is 1. The molecule has 2 aliphatic rings. The van der Waals surface area contributed by atoms with Crippen LogP contribution in [0.4, 0.5) is 0 Å². The molecule has 1 aromatic rings. The van der Waals surface area contributed by atoms with Crippen LogP contribution in [0.1, 0.15) is 84.1 Å². The van der Waals surface area contributed by atoms with Crippen LogP contribution in [0.5, 0.6) is 0 Å². The van der Waals surface area contributed by atoms with Gasteiger partial charge in [0.1, 0.15) is 6.16 Å². The summed E-state index contributed by atoms with van der Waals surface area (Å²) in [4.78, 5) is 39.0. The summed E-state index contributed by atoms with van der Waals surface area (Å²) in [6.45, 7) is 5.62. The van der Waals surface area contributed by atoms with Crippen LogP contribution >= 0.6 is 7.37 Å². The first-order valence-electron chi connectivity index (χ1n) is 14.6. The van der Waals surface area contributed by atoms with Gasteiger partial charge in [-0.05, 0) is 43.1 Å². The van der Waals surface area contributed by atoms with E-state index in [1.807, 2.05) is 30.3 Å². The van der Waals surface area contributed by atoms with E-state index in [4.69, 9.17) is 9.26 Å². The molecule has 1 aliphatic carbocycles. The average Bonchev–Trinajstić information content (AvgIpc) is 3.38. The van der Waals surface area contributed by atoms with E-state index in [0.717, 1.165) is 38.5 Å². The first kappa shape index (κ1) is 35.0. The minimum atomic E-state index is -3.62. The molecule has 0 N–H and O–H groups in total. The topological polar surface area (TPSA) is 113 Å². The van der Waals surface area contributed by atoms with Gasteiger partial charge in [-0.3, -0.25) is 18.7 Å². The largest absolute Gasteiger partial charge is 1.00 e. The van der Waals surface area contributed by atoms with Crippen molar-refractivity contribution in [3.8, 4) is 0 Å². The van der Waals surface area contributed by atoms with Crippen LogP contribution in [-0.2, 0) is 34.6 Å². The van der Waals surface area contributed by atoms with Crippen molar-refractivity contribution in [1.82, 2.24) is 4.90 Å². The zero-order valence-electron chi connectivity index (χ0n) is 24.7. The molecule has 1 saturated heterocycles. The third-order valence-corrected chi connectivity index (χ3v) is 10.4. The van der Waals surface area contributed by atoms with E-state index in [1.54, 1.807) is 20.8 Å². The third-order valence-electron chi connectivity index (χ3n) is 8.05. The maximum absolute atomic E-state index is 14.2. The number of likely N-dealkylation sites (tertiary alicyclic amines) is 1. The molecule has 3 rings (SSSR count). The summed E-state index contributed by atoms with van der Waals surface area (Å²) in [6.07, 6.45) is 6.88. The Morgan fingerprint density at radius 2 is 1.73 bits per heavy atom. The number of carbonyl (C=O) groups excluding carboxylic acids is 3. The summed E-state index contributed by atoms with van der Waals surface area (Å²) in [7, 11) is -3.62. The fraction of sp³-hybridized carbons (Fsp3) is 0.700. The molecule has 1 aliphatic heterocycles. The SMILES string of the molecule is CCC(=O)O[C@H](OP(=O)(CCCCc1ccccc1)CC(=O)N1C[C@H](C2CCCCC2)C[C@H]1C(=O)[O-])C(C)C.[Na+]. The fourth-order valence-corrected chi connectivity index (χ4v) is 8.09. The van der Waals surface area contributed by atoms with Crippen molar-refractivity contribution >= 4 is 25.2 Å². The monoisotopic (exact) mass is 585 g/mol. The Kier molecular flexibility index (Phi) is 14.9. The molecule has 1 saturated carbocycles. The van der Waals surface area contributed by atoms with Gasteiger partial charge in [-0.2, -0.15) is 0 Å². The smallest absolute Gasteiger partial charge is 0.548 e. The van der Waals surface area contributed by atoms with Crippen LogP contribution in [0.2, 0.25) is 0 Å². The van der Waals surface area contributed by atoms with Crippen molar-refractivity contribution in [3.05, 3.63) is 35.9 Å². The first-order chi connectivity index (χ1) is 18.6. The van der Waals surface area contributed by atoms with Gasteiger partial charge < -0.3 is 19.5 Å². The number of aliphatic carboxylic acids is 1. The van der Waals surface area contributed by atoms with Gasteiger partial charge in [0.25, 0.3) is 0 Å². The Labute approximate surface area is 261 Å². The average molecular weight is 586 g/mol. The van der Waals surface area contributed by atoms with E-state index in [-0.39, 0.29) is 54.0 Å². The maximum atomic E-state index is 14.2. The van der Waals surface area contributed by atoms with Crippen LogP contribution in [0.3, 0.4) is 0 Å². The van der Waals surface area contributed by atoms with E-state index >= 15 is 0 Å². The molecule has 1 heterocycles. The molecular formula is C30H45NNaO7P. The molecule has 2 fully saturated rings. The second-order valence-corrected chi connectivity index (χ2v) is 14.1. The predicted molar refractivity (Wildman–Crippen MR) is 148 cm³/mol. The summed E-state index contributed by atoms with van der Waals surface area (Å²) < 4.78 is 25.6. The van der Waals surface area contributed by atoms with Crippen molar-refractivity contribution in [2.45, 2.75) is 97.3 Å². The predicted octanol–water partition coefficient (Wildman–Crippen LogP) is 1.79. The van der Waals surface area contributed by atoms with E-state index in [0.29, 0.717) is 25.3 Å². The number of hydrogen-bond acceptors (Lipinski definition) is 7. The van der Waals surface area contributed by atoms with Gasteiger partial charge in [0.15, 0.2) is 0 Å². The Balaban J connectivity index is 0.00000560. The first-order valence-corrected chi connectivity index (χ1v) is 16.6. The Bertz CT molecular complexity index is 999. The van der Waals surface area contributed by atoms with E-state index in [2.05, 4.69) is 0 Å². The van der Waals surface area contributed by atoms with Gasteiger partial charge in [-0.25, -0.2) is 0 Å².